The molecule has 0 aliphatic carbocycles. The van der Waals surface area contributed by atoms with E-state index >= 15 is 0 Å². The Morgan fingerprint density at radius 1 is 1.47 bits per heavy atom. The standard InChI is InChI=1S/C11H14FN3/c1-7(2)15-11(6-13)9-5-8(12)3-4-10(9)14-15/h3-5,7H,6,13H2,1-2H3. The summed E-state index contributed by atoms with van der Waals surface area (Å²) in [5, 5.41) is 5.21. The van der Waals surface area contributed by atoms with Gasteiger partial charge in [-0.15, -0.1) is 0 Å². The largest absolute Gasteiger partial charge is 0.325 e. The zero-order valence-electron chi connectivity index (χ0n) is 8.87. The van der Waals surface area contributed by atoms with Crippen molar-refractivity contribution in [1.29, 1.82) is 0 Å². The molecule has 15 heavy (non-hydrogen) atoms. The van der Waals surface area contributed by atoms with Gasteiger partial charge >= 0.3 is 0 Å². The summed E-state index contributed by atoms with van der Waals surface area (Å²) in [6.07, 6.45) is 0. The molecular formula is C11H14FN3. The summed E-state index contributed by atoms with van der Waals surface area (Å²) in [5.41, 5.74) is 7.35. The lowest BCUT2D eigenvalue weighted by atomic mass is 10.2. The molecule has 1 aromatic heterocycles. The maximum atomic E-state index is 13.1. The van der Waals surface area contributed by atoms with Crippen LogP contribution in [0.4, 0.5) is 4.39 Å². The van der Waals surface area contributed by atoms with Crippen LogP contribution < -0.4 is 5.73 Å². The average molecular weight is 207 g/mol. The third kappa shape index (κ3) is 1.61. The van der Waals surface area contributed by atoms with Crippen molar-refractivity contribution in [2.75, 3.05) is 0 Å². The highest BCUT2D eigenvalue weighted by atomic mass is 19.1. The number of nitrogens with zero attached hydrogens (tertiary/aromatic N) is 2. The Bertz CT molecular complexity index is 488. The lowest BCUT2D eigenvalue weighted by molar-refractivity contribution is 0.515. The molecule has 0 saturated heterocycles. The van der Waals surface area contributed by atoms with E-state index in [1.54, 1.807) is 6.07 Å². The third-order valence-corrected chi connectivity index (χ3v) is 2.44. The van der Waals surface area contributed by atoms with Crippen molar-refractivity contribution in [3.63, 3.8) is 0 Å². The summed E-state index contributed by atoms with van der Waals surface area (Å²) >= 11 is 0. The zero-order valence-corrected chi connectivity index (χ0v) is 8.87. The van der Waals surface area contributed by atoms with Crippen LogP contribution in [0.5, 0.6) is 0 Å². The highest BCUT2D eigenvalue weighted by molar-refractivity contribution is 5.81. The lowest BCUT2D eigenvalue weighted by Crippen LogP contribution is -2.10. The predicted octanol–water partition coefficient (Wildman–Crippen LogP) is 2.22. The Kier molecular flexibility index (Phi) is 2.44. The van der Waals surface area contributed by atoms with Crippen LogP contribution in [0.2, 0.25) is 0 Å². The summed E-state index contributed by atoms with van der Waals surface area (Å²) in [5.74, 6) is -0.250. The van der Waals surface area contributed by atoms with Crippen molar-refractivity contribution in [2.45, 2.75) is 26.4 Å². The molecule has 0 aliphatic heterocycles. The number of nitrogens with two attached hydrogens (primary N) is 1. The molecule has 0 amide bonds. The fourth-order valence-corrected chi connectivity index (χ4v) is 1.76. The molecule has 2 N–H and O–H groups in total. The van der Waals surface area contributed by atoms with Crippen molar-refractivity contribution < 1.29 is 4.39 Å². The number of benzene rings is 1. The van der Waals surface area contributed by atoms with Gasteiger partial charge < -0.3 is 5.73 Å². The van der Waals surface area contributed by atoms with Crippen molar-refractivity contribution >= 4 is 10.9 Å². The van der Waals surface area contributed by atoms with E-state index in [4.69, 9.17) is 5.73 Å². The maximum absolute atomic E-state index is 13.1. The highest BCUT2D eigenvalue weighted by Crippen LogP contribution is 2.21. The molecule has 0 fully saturated rings. The molecule has 0 atom stereocenters. The first-order valence-electron chi connectivity index (χ1n) is 5.00. The zero-order chi connectivity index (χ0) is 11.0. The second kappa shape index (κ2) is 3.62. The van der Waals surface area contributed by atoms with Crippen molar-refractivity contribution in [3.05, 3.63) is 29.7 Å². The predicted molar refractivity (Wildman–Crippen MR) is 58.0 cm³/mol. The summed E-state index contributed by atoms with van der Waals surface area (Å²) in [7, 11) is 0. The van der Waals surface area contributed by atoms with Gasteiger partial charge in [0.1, 0.15) is 5.82 Å². The number of fused-ring (bicyclic) bond motifs is 1. The van der Waals surface area contributed by atoms with Crippen LogP contribution in [0.25, 0.3) is 10.9 Å². The molecule has 1 aromatic carbocycles. The van der Waals surface area contributed by atoms with Gasteiger partial charge in [-0.25, -0.2) is 4.39 Å². The molecule has 0 radical (unpaired) electrons. The van der Waals surface area contributed by atoms with Crippen LogP contribution in [0.15, 0.2) is 18.2 Å². The van der Waals surface area contributed by atoms with Gasteiger partial charge in [-0.2, -0.15) is 5.10 Å². The monoisotopic (exact) mass is 207 g/mol. The topological polar surface area (TPSA) is 43.8 Å². The van der Waals surface area contributed by atoms with Gasteiger partial charge in [0.15, 0.2) is 0 Å². The van der Waals surface area contributed by atoms with Crippen molar-refractivity contribution in [1.82, 2.24) is 9.78 Å². The molecule has 0 aliphatic rings. The van der Waals surface area contributed by atoms with Crippen molar-refractivity contribution in [2.24, 2.45) is 5.73 Å². The lowest BCUT2D eigenvalue weighted by Gasteiger charge is -2.08. The number of hydrogen-bond donors (Lipinski definition) is 1. The summed E-state index contributed by atoms with van der Waals surface area (Å²) in [6, 6.07) is 4.82. The maximum Gasteiger partial charge on any atom is 0.124 e. The van der Waals surface area contributed by atoms with Gasteiger partial charge in [-0.1, -0.05) is 0 Å². The Morgan fingerprint density at radius 3 is 2.80 bits per heavy atom. The molecule has 0 unspecified atom stereocenters. The van der Waals surface area contributed by atoms with Gasteiger partial charge in [-0.05, 0) is 32.0 Å². The Hall–Kier alpha value is -1.42. The molecule has 0 spiro atoms. The van der Waals surface area contributed by atoms with Crippen LogP contribution in [-0.2, 0) is 6.54 Å². The van der Waals surface area contributed by atoms with Gasteiger partial charge in [-0.3, -0.25) is 4.68 Å². The molecule has 0 bridgehead atoms. The molecule has 2 rings (SSSR count). The van der Waals surface area contributed by atoms with E-state index in [1.165, 1.54) is 12.1 Å². The summed E-state index contributed by atoms with van der Waals surface area (Å²) in [4.78, 5) is 0. The SMILES string of the molecule is CC(C)n1nc2ccc(F)cc2c1CN. The number of hydrogen-bond acceptors (Lipinski definition) is 2. The molecule has 4 heteroatoms. The quantitative estimate of drug-likeness (QED) is 0.820. The smallest absolute Gasteiger partial charge is 0.124 e. The first kappa shape index (κ1) is 10.1. The second-order valence-electron chi connectivity index (χ2n) is 3.85. The van der Waals surface area contributed by atoms with E-state index in [1.807, 2.05) is 18.5 Å². The minimum atomic E-state index is -0.250. The van der Waals surface area contributed by atoms with Crippen LogP contribution in [-0.4, -0.2) is 9.78 Å². The van der Waals surface area contributed by atoms with E-state index in [-0.39, 0.29) is 11.9 Å². The molecular weight excluding hydrogens is 193 g/mol. The first-order chi connectivity index (χ1) is 7.13. The van der Waals surface area contributed by atoms with Crippen LogP contribution in [0, 0.1) is 5.82 Å². The Labute approximate surface area is 87.7 Å². The molecule has 1 heterocycles. The average Bonchev–Trinajstić information content (AvgIpc) is 2.55. The summed E-state index contributed by atoms with van der Waals surface area (Å²) in [6.45, 7) is 4.43. The fraction of sp³-hybridized carbons (Fsp3) is 0.364. The number of rotatable bonds is 2. The first-order valence-corrected chi connectivity index (χ1v) is 5.00. The molecule has 3 nitrogen and oxygen atoms in total. The normalized spacial score (nSPS) is 11.5. The van der Waals surface area contributed by atoms with Gasteiger partial charge in [0.2, 0.25) is 0 Å². The fourth-order valence-electron chi connectivity index (χ4n) is 1.76. The number of aromatic nitrogens is 2. The van der Waals surface area contributed by atoms with E-state index in [2.05, 4.69) is 5.10 Å². The van der Waals surface area contributed by atoms with Crippen LogP contribution in [0.1, 0.15) is 25.6 Å². The Balaban J connectivity index is 2.74. The van der Waals surface area contributed by atoms with Crippen molar-refractivity contribution in [3.8, 4) is 0 Å². The third-order valence-electron chi connectivity index (χ3n) is 2.44. The second-order valence-corrected chi connectivity index (χ2v) is 3.85. The minimum Gasteiger partial charge on any atom is -0.325 e. The molecule has 2 aromatic rings. The van der Waals surface area contributed by atoms with E-state index in [0.717, 1.165) is 16.6 Å². The summed E-state index contributed by atoms with van der Waals surface area (Å²) < 4.78 is 14.9. The molecule has 80 valence electrons. The van der Waals surface area contributed by atoms with Gasteiger partial charge in [0, 0.05) is 18.0 Å². The van der Waals surface area contributed by atoms with E-state index in [9.17, 15) is 4.39 Å². The number of halogens is 1. The van der Waals surface area contributed by atoms with Crippen LogP contribution >= 0.6 is 0 Å². The Morgan fingerprint density at radius 2 is 2.20 bits per heavy atom. The minimum absolute atomic E-state index is 0.235. The van der Waals surface area contributed by atoms with Gasteiger partial charge in [0.25, 0.3) is 0 Å². The molecule has 0 saturated carbocycles. The van der Waals surface area contributed by atoms with E-state index < -0.39 is 0 Å². The van der Waals surface area contributed by atoms with Crippen LogP contribution in [0.3, 0.4) is 0 Å². The van der Waals surface area contributed by atoms with Gasteiger partial charge in [0.05, 0.1) is 11.2 Å². The van der Waals surface area contributed by atoms with E-state index in [0.29, 0.717) is 6.54 Å². The highest BCUT2D eigenvalue weighted by Gasteiger charge is 2.12.